The van der Waals surface area contributed by atoms with Gasteiger partial charge < -0.3 is 9.84 Å². The molecule has 1 rings (SSSR count). The molecule has 78 valence electrons. The van der Waals surface area contributed by atoms with E-state index < -0.39 is 0 Å². The van der Waals surface area contributed by atoms with Crippen LogP contribution in [0, 0.1) is 11.8 Å². The molecule has 1 aliphatic carbocycles. The Balaban J connectivity index is 1.92. The maximum atomic E-state index is 9.51. The van der Waals surface area contributed by atoms with Crippen molar-refractivity contribution >= 4 is 0 Å². The Morgan fingerprint density at radius 1 is 1.38 bits per heavy atom. The fourth-order valence-corrected chi connectivity index (χ4v) is 1.58. The number of hydrogen-bond donors (Lipinski definition) is 1. The summed E-state index contributed by atoms with van der Waals surface area (Å²) in [6, 6.07) is 0. The molecule has 1 N–H and O–H groups in total. The van der Waals surface area contributed by atoms with E-state index in [9.17, 15) is 5.11 Å². The molecule has 1 fully saturated rings. The first-order valence-electron chi connectivity index (χ1n) is 5.49. The van der Waals surface area contributed by atoms with Crippen molar-refractivity contribution in [1.82, 2.24) is 0 Å². The van der Waals surface area contributed by atoms with Gasteiger partial charge in [-0.15, -0.1) is 0 Å². The van der Waals surface area contributed by atoms with Gasteiger partial charge in [0.2, 0.25) is 0 Å². The molecule has 1 aliphatic rings. The van der Waals surface area contributed by atoms with Crippen molar-refractivity contribution in [2.24, 2.45) is 11.8 Å². The molecule has 0 amide bonds. The summed E-state index contributed by atoms with van der Waals surface area (Å²) < 4.78 is 5.46. The van der Waals surface area contributed by atoms with Gasteiger partial charge in [0.25, 0.3) is 0 Å². The second-order valence-electron chi connectivity index (χ2n) is 4.34. The molecule has 0 aromatic carbocycles. The van der Waals surface area contributed by atoms with Gasteiger partial charge in [0.05, 0.1) is 12.7 Å². The largest absolute Gasteiger partial charge is 0.390 e. The summed E-state index contributed by atoms with van der Waals surface area (Å²) in [5, 5.41) is 9.51. The Morgan fingerprint density at radius 2 is 2.08 bits per heavy atom. The number of aliphatic hydroxyl groups is 1. The van der Waals surface area contributed by atoms with Crippen molar-refractivity contribution in [2.45, 2.75) is 45.6 Å². The molecule has 0 spiro atoms. The van der Waals surface area contributed by atoms with Gasteiger partial charge in [-0.3, -0.25) is 0 Å². The van der Waals surface area contributed by atoms with E-state index in [4.69, 9.17) is 4.74 Å². The predicted octanol–water partition coefficient (Wildman–Crippen LogP) is 2.21. The molecule has 0 saturated heterocycles. The number of aliphatic hydroxyl groups excluding tert-OH is 1. The Hall–Kier alpha value is -0.0800. The second-order valence-corrected chi connectivity index (χ2v) is 4.34. The third-order valence-corrected chi connectivity index (χ3v) is 2.64. The molecule has 2 nitrogen and oxygen atoms in total. The highest BCUT2D eigenvalue weighted by Gasteiger charge is 2.29. The quantitative estimate of drug-likeness (QED) is 0.660. The number of rotatable bonds is 7. The third kappa shape index (κ3) is 4.63. The van der Waals surface area contributed by atoms with E-state index in [2.05, 4.69) is 13.8 Å². The van der Waals surface area contributed by atoms with Crippen LogP contribution in [-0.4, -0.2) is 24.4 Å². The standard InChI is InChI=1S/C11H22O2/c1-3-4-9(2)7-13-8-11(12)10-5-6-10/h9-12H,3-8H2,1-2H3. The van der Waals surface area contributed by atoms with Crippen LogP contribution in [0.15, 0.2) is 0 Å². The van der Waals surface area contributed by atoms with Crippen molar-refractivity contribution in [1.29, 1.82) is 0 Å². The summed E-state index contributed by atoms with van der Waals surface area (Å²) in [5.74, 6) is 1.18. The minimum Gasteiger partial charge on any atom is -0.390 e. The minimum atomic E-state index is -0.200. The molecule has 2 atom stereocenters. The molecule has 0 radical (unpaired) electrons. The highest BCUT2D eigenvalue weighted by atomic mass is 16.5. The van der Waals surface area contributed by atoms with Gasteiger partial charge in [0.1, 0.15) is 0 Å². The van der Waals surface area contributed by atoms with Crippen LogP contribution < -0.4 is 0 Å². The van der Waals surface area contributed by atoms with Crippen LogP contribution in [0.5, 0.6) is 0 Å². The SMILES string of the molecule is CCCC(C)COCC(O)C1CC1. The van der Waals surface area contributed by atoms with Crippen molar-refractivity contribution in [3.05, 3.63) is 0 Å². The Morgan fingerprint density at radius 3 is 2.62 bits per heavy atom. The lowest BCUT2D eigenvalue weighted by atomic mass is 10.1. The lowest BCUT2D eigenvalue weighted by Gasteiger charge is -2.13. The Kier molecular flexibility index (Phi) is 4.74. The van der Waals surface area contributed by atoms with Crippen LogP contribution >= 0.6 is 0 Å². The molecule has 0 heterocycles. The maximum absolute atomic E-state index is 9.51. The topological polar surface area (TPSA) is 29.5 Å². The molecule has 0 aromatic rings. The molecule has 13 heavy (non-hydrogen) atoms. The molecular weight excluding hydrogens is 164 g/mol. The molecular formula is C11H22O2. The second kappa shape index (κ2) is 5.61. The van der Waals surface area contributed by atoms with Crippen molar-refractivity contribution in [3.63, 3.8) is 0 Å². The van der Waals surface area contributed by atoms with Gasteiger partial charge in [-0.05, 0) is 31.1 Å². The number of ether oxygens (including phenoxy) is 1. The molecule has 2 unspecified atom stereocenters. The summed E-state index contributed by atoms with van der Waals surface area (Å²) in [6.07, 6.45) is 4.62. The van der Waals surface area contributed by atoms with E-state index in [0.29, 0.717) is 18.4 Å². The zero-order chi connectivity index (χ0) is 9.68. The summed E-state index contributed by atoms with van der Waals surface area (Å²) in [5.41, 5.74) is 0. The van der Waals surface area contributed by atoms with Crippen LogP contribution in [0.3, 0.4) is 0 Å². The van der Waals surface area contributed by atoms with E-state index in [1.807, 2.05) is 0 Å². The summed E-state index contributed by atoms with van der Waals surface area (Å²) in [7, 11) is 0. The van der Waals surface area contributed by atoms with Crippen LogP contribution in [0.1, 0.15) is 39.5 Å². The molecule has 2 heteroatoms. The van der Waals surface area contributed by atoms with E-state index in [0.717, 1.165) is 6.61 Å². The lowest BCUT2D eigenvalue weighted by molar-refractivity contribution is 0.0125. The normalized spacial score (nSPS) is 21.5. The van der Waals surface area contributed by atoms with Gasteiger partial charge in [-0.1, -0.05) is 20.3 Å². The van der Waals surface area contributed by atoms with E-state index in [1.54, 1.807) is 0 Å². The highest BCUT2D eigenvalue weighted by molar-refractivity contribution is 4.80. The lowest BCUT2D eigenvalue weighted by Crippen LogP contribution is -2.19. The van der Waals surface area contributed by atoms with Crippen LogP contribution in [0.4, 0.5) is 0 Å². The maximum Gasteiger partial charge on any atom is 0.0801 e. The average molecular weight is 186 g/mol. The average Bonchev–Trinajstić information content (AvgIpc) is 2.86. The summed E-state index contributed by atoms with van der Waals surface area (Å²) >= 11 is 0. The fraction of sp³-hybridized carbons (Fsp3) is 1.00. The molecule has 1 saturated carbocycles. The monoisotopic (exact) mass is 186 g/mol. The zero-order valence-electron chi connectivity index (χ0n) is 8.83. The minimum absolute atomic E-state index is 0.200. The van der Waals surface area contributed by atoms with Crippen LogP contribution in [0.25, 0.3) is 0 Å². The Bertz CT molecular complexity index is 132. The highest BCUT2D eigenvalue weighted by Crippen LogP contribution is 2.32. The Labute approximate surface area is 81.3 Å². The molecule has 0 bridgehead atoms. The fourth-order valence-electron chi connectivity index (χ4n) is 1.58. The van der Waals surface area contributed by atoms with Gasteiger partial charge in [0.15, 0.2) is 0 Å². The molecule has 0 aromatic heterocycles. The van der Waals surface area contributed by atoms with Gasteiger partial charge in [-0.25, -0.2) is 0 Å². The van der Waals surface area contributed by atoms with Crippen molar-refractivity contribution in [3.8, 4) is 0 Å². The number of hydrogen-bond acceptors (Lipinski definition) is 2. The first-order chi connectivity index (χ1) is 6.24. The first-order valence-corrected chi connectivity index (χ1v) is 5.49. The predicted molar refractivity (Wildman–Crippen MR) is 53.6 cm³/mol. The van der Waals surface area contributed by atoms with Gasteiger partial charge in [0, 0.05) is 6.61 Å². The summed E-state index contributed by atoms with van der Waals surface area (Å²) in [6.45, 7) is 5.74. The van der Waals surface area contributed by atoms with Crippen LogP contribution in [0.2, 0.25) is 0 Å². The molecule has 0 aliphatic heterocycles. The van der Waals surface area contributed by atoms with Crippen molar-refractivity contribution < 1.29 is 9.84 Å². The van der Waals surface area contributed by atoms with Crippen molar-refractivity contribution in [2.75, 3.05) is 13.2 Å². The van der Waals surface area contributed by atoms with Gasteiger partial charge >= 0.3 is 0 Å². The smallest absolute Gasteiger partial charge is 0.0801 e. The van der Waals surface area contributed by atoms with Crippen LogP contribution in [-0.2, 0) is 4.74 Å². The van der Waals surface area contributed by atoms with Gasteiger partial charge in [-0.2, -0.15) is 0 Å². The zero-order valence-corrected chi connectivity index (χ0v) is 8.83. The first kappa shape index (κ1) is 11.0. The third-order valence-electron chi connectivity index (χ3n) is 2.64. The summed E-state index contributed by atoms with van der Waals surface area (Å²) in [4.78, 5) is 0. The van der Waals surface area contributed by atoms with E-state index in [1.165, 1.54) is 25.7 Å². The van der Waals surface area contributed by atoms with E-state index >= 15 is 0 Å². The van der Waals surface area contributed by atoms with E-state index in [-0.39, 0.29) is 6.10 Å².